The van der Waals surface area contributed by atoms with Gasteiger partial charge in [0.2, 0.25) is 0 Å². The summed E-state index contributed by atoms with van der Waals surface area (Å²) in [6, 6.07) is 0.593. The molecule has 1 aromatic rings. The zero-order valence-corrected chi connectivity index (χ0v) is 12.3. The predicted octanol–water partition coefficient (Wildman–Crippen LogP) is 2.28. The molecule has 2 rings (SSSR count). The van der Waals surface area contributed by atoms with Gasteiger partial charge in [0.05, 0.1) is 0 Å². The van der Waals surface area contributed by atoms with Crippen LogP contribution in [0.3, 0.4) is 0 Å². The van der Waals surface area contributed by atoms with E-state index in [2.05, 4.69) is 41.0 Å². The molecular weight excluding hydrogens is 248 g/mol. The van der Waals surface area contributed by atoms with Gasteiger partial charge < -0.3 is 9.80 Å². The second-order valence-electron chi connectivity index (χ2n) is 5.27. The molecule has 1 unspecified atom stereocenters. The highest BCUT2D eigenvalue weighted by molar-refractivity contribution is 6.30. The van der Waals surface area contributed by atoms with E-state index in [4.69, 9.17) is 11.6 Å². The van der Waals surface area contributed by atoms with Crippen molar-refractivity contribution >= 4 is 17.4 Å². The van der Waals surface area contributed by atoms with E-state index >= 15 is 0 Å². The molecule has 1 aromatic heterocycles. The smallest absolute Gasteiger partial charge is 0.155 e. The fourth-order valence-corrected chi connectivity index (χ4v) is 2.61. The molecule has 0 aliphatic carbocycles. The van der Waals surface area contributed by atoms with Gasteiger partial charge >= 0.3 is 0 Å². The Morgan fingerprint density at radius 3 is 2.61 bits per heavy atom. The van der Waals surface area contributed by atoms with Crippen LogP contribution in [0.25, 0.3) is 0 Å². The Balaban J connectivity index is 2.24. The van der Waals surface area contributed by atoms with Gasteiger partial charge in [0.1, 0.15) is 0 Å². The first-order chi connectivity index (χ1) is 8.50. The number of rotatable bonds is 2. The molecule has 1 fully saturated rings. The number of hydrogen-bond acceptors (Lipinski definition) is 4. The average molecular weight is 269 g/mol. The van der Waals surface area contributed by atoms with Crippen LogP contribution < -0.4 is 4.90 Å². The summed E-state index contributed by atoms with van der Waals surface area (Å²) in [5.74, 6) is 0.989. The van der Waals surface area contributed by atoms with Crippen molar-refractivity contribution in [2.75, 3.05) is 32.1 Å². The summed E-state index contributed by atoms with van der Waals surface area (Å²) in [5.41, 5.74) is 2.18. The summed E-state index contributed by atoms with van der Waals surface area (Å²) in [7, 11) is 4.28. The molecular formula is C13H21ClN4. The third-order valence-corrected chi connectivity index (χ3v) is 4.23. The van der Waals surface area contributed by atoms with Crippen LogP contribution in [-0.4, -0.2) is 48.3 Å². The molecule has 1 atom stereocenters. The minimum absolute atomic E-state index is 0.511. The van der Waals surface area contributed by atoms with Gasteiger partial charge in [-0.15, -0.1) is 10.2 Å². The Hall–Kier alpha value is -0.870. The number of hydrogen-bond donors (Lipinski definition) is 0. The fraction of sp³-hybridized carbons (Fsp3) is 0.692. The van der Waals surface area contributed by atoms with Crippen LogP contribution in [0.1, 0.15) is 24.0 Å². The first-order valence-corrected chi connectivity index (χ1v) is 6.79. The van der Waals surface area contributed by atoms with E-state index < -0.39 is 0 Å². The van der Waals surface area contributed by atoms with Crippen molar-refractivity contribution in [3.8, 4) is 0 Å². The monoisotopic (exact) mass is 268 g/mol. The number of likely N-dealkylation sites (N-methyl/N-ethyl adjacent to an activating group) is 1. The summed E-state index contributed by atoms with van der Waals surface area (Å²) < 4.78 is 0. The lowest BCUT2D eigenvalue weighted by Gasteiger charge is -2.37. The van der Waals surface area contributed by atoms with E-state index in [1.807, 2.05) is 6.92 Å². The topological polar surface area (TPSA) is 32.3 Å². The average Bonchev–Trinajstić information content (AvgIpc) is 2.36. The highest BCUT2D eigenvalue weighted by Crippen LogP contribution is 2.26. The SMILES string of the molecule is Cc1c(Cl)nnc(N2CCCC(N(C)C)C2)c1C. The zero-order chi connectivity index (χ0) is 13.3. The van der Waals surface area contributed by atoms with Crippen molar-refractivity contribution in [1.82, 2.24) is 15.1 Å². The van der Waals surface area contributed by atoms with Crippen LogP contribution in [0.5, 0.6) is 0 Å². The predicted molar refractivity (Wildman–Crippen MR) is 75.4 cm³/mol. The minimum Gasteiger partial charge on any atom is -0.353 e. The highest BCUT2D eigenvalue weighted by Gasteiger charge is 2.24. The Morgan fingerprint density at radius 2 is 1.94 bits per heavy atom. The third kappa shape index (κ3) is 2.59. The third-order valence-electron chi connectivity index (χ3n) is 3.87. The van der Waals surface area contributed by atoms with E-state index in [1.165, 1.54) is 12.8 Å². The van der Waals surface area contributed by atoms with Crippen LogP contribution in [0.4, 0.5) is 5.82 Å². The molecule has 1 aliphatic heterocycles. The first kappa shape index (κ1) is 13.6. The largest absolute Gasteiger partial charge is 0.353 e. The molecule has 5 heteroatoms. The second kappa shape index (κ2) is 5.41. The van der Waals surface area contributed by atoms with Gasteiger partial charge in [-0.25, -0.2) is 0 Å². The van der Waals surface area contributed by atoms with Gasteiger partial charge in [-0.05, 0) is 51.9 Å². The Bertz CT molecular complexity index is 433. The molecule has 0 amide bonds. The van der Waals surface area contributed by atoms with E-state index in [9.17, 15) is 0 Å². The van der Waals surface area contributed by atoms with Crippen molar-refractivity contribution in [2.45, 2.75) is 32.7 Å². The van der Waals surface area contributed by atoms with Crippen molar-refractivity contribution < 1.29 is 0 Å². The standard InChI is InChI=1S/C13H21ClN4/c1-9-10(2)13(16-15-12(9)14)18-7-5-6-11(8-18)17(3)4/h11H,5-8H2,1-4H3. The number of piperidine rings is 1. The van der Waals surface area contributed by atoms with E-state index in [1.54, 1.807) is 0 Å². The number of halogens is 1. The summed E-state index contributed by atoms with van der Waals surface area (Å²) in [4.78, 5) is 4.62. The molecule has 100 valence electrons. The van der Waals surface area contributed by atoms with Gasteiger partial charge in [-0.2, -0.15) is 0 Å². The molecule has 0 spiro atoms. The van der Waals surface area contributed by atoms with Gasteiger partial charge in [-0.1, -0.05) is 11.6 Å². The van der Waals surface area contributed by atoms with Crippen LogP contribution in [0.15, 0.2) is 0 Å². The molecule has 0 aromatic carbocycles. The van der Waals surface area contributed by atoms with Crippen molar-refractivity contribution in [3.05, 3.63) is 16.3 Å². The highest BCUT2D eigenvalue weighted by atomic mass is 35.5. The molecule has 0 N–H and O–H groups in total. The Kier molecular flexibility index (Phi) is 4.07. The summed E-state index contributed by atoms with van der Waals surface area (Å²) >= 11 is 6.00. The van der Waals surface area contributed by atoms with E-state index in [0.29, 0.717) is 11.2 Å². The van der Waals surface area contributed by atoms with Gasteiger partial charge in [0.25, 0.3) is 0 Å². The molecule has 0 bridgehead atoms. The van der Waals surface area contributed by atoms with E-state index in [-0.39, 0.29) is 0 Å². The lowest BCUT2D eigenvalue weighted by Crippen LogP contribution is -2.45. The molecule has 1 aliphatic rings. The quantitative estimate of drug-likeness (QED) is 0.824. The van der Waals surface area contributed by atoms with Crippen LogP contribution in [-0.2, 0) is 0 Å². The van der Waals surface area contributed by atoms with Crippen LogP contribution >= 0.6 is 11.6 Å². The van der Waals surface area contributed by atoms with Gasteiger partial charge in [0.15, 0.2) is 11.0 Å². The Morgan fingerprint density at radius 1 is 1.22 bits per heavy atom. The first-order valence-electron chi connectivity index (χ1n) is 6.41. The Labute approximate surface area is 114 Å². The lowest BCUT2D eigenvalue weighted by molar-refractivity contribution is 0.257. The molecule has 18 heavy (non-hydrogen) atoms. The number of anilines is 1. The fourth-order valence-electron chi connectivity index (χ4n) is 2.43. The molecule has 1 saturated heterocycles. The summed E-state index contributed by atoms with van der Waals surface area (Å²) in [6.07, 6.45) is 2.45. The van der Waals surface area contributed by atoms with Gasteiger partial charge in [0, 0.05) is 19.1 Å². The van der Waals surface area contributed by atoms with Crippen LogP contribution in [0.2, 0.25) is 5.15 Å². The zero-order valence-electron chi connectivity index (χ0n) is 11.6. The maximum atomic E-state index is 6.00. The lowest BCUT2D eigenvalue weighted by atomic mass is 10.0. The molecule has 2 heterocycles. The molecule has 0 saturated carbocycles. The maximum absolute atomic E-state index is 6.00. The van der Waals surface area contributed by atoms with Crippen molar-refractivity contribution in [2.24, 2.45) is 0 Å². The number of aromatic nitrogens is 2. The van der Waals surface area contributed by atoms with Crippen molar-refractivity contribution in [3.63, 3.8) is 0 Å². The second-order valence-corrected chi connectivity index (χ2v) is 5.63. The van der Waals surface area contributed by atoms with Crippen LogP contribution in [0, 0.1) is 13.8 Å². The van der Waals surface area contributed by atoms with Gasteiger partial charge in [-0.3, -0.25) is 0 Å². The van der Waals surface area contributed by atoms with Crippen molar-refractivity contribution in [1.29, 1.82) is 0 Å². The van der Waals surface area contributed by atoms with E-state index in [0.717, 1.165) is 30.0 Å². The molecule has 4 nitrogen and oxygen atoms in total. The maximum Gasteiger partial charge on any atom is 0.155 e. The summed E-state index contributed by atoms with van der Waals surface area (Å²) in [5, 5.41) is 8.84. The minimum atomic E-state index is 0.511. The molecule has 0 radical (unpaired) electrons. The summed E-state index contributed by atoms with van der Waals surface area (Å²) in [6.45, 7) is 6.15. The normalized spacial score (nSPS) is 20.6. The number of nitrogens with zero attached hydrogens (tertiary/aromatic N) is 4.